The maximum atomic E-state index is 12.2. The molecule has 0 aromatic carbocycles. The first-order valence-corrected chi connectivity index (χ1v) is 16.3. The molecule has 2 aromatic heterocycles. The Morgan fingerprint density at radius 2 is 1.44 bits per heavy atom. The van der Waals surface area contributed by atoms with E-state index in [-0.39, 0.29) is 23.8 Å². The van der Waals surface area contributed by atoms with Gasteiger partial charge in [-0.3, -0.25) is 10.8 Å². The van der Waals surface area contributed by atoms with Crippen LogP contribution in [0.15, 0.2) is 24.5 Å². The number of nitrogens with one attached hydrogen (secondary N) is 2. The Morgan fingerprint density at radius 3 is 1.90 bits per heavy atom. The van der Waals surface area contributed by atoms with E-state index >= 15 is 0 Å². The number of hydrogen-bond acceptors (Lipinski definition) is 17. The summed E-state index contributed by atoms with van der Waals surface area (Å²) >= 11 is 9.53. The van der Waals surface area contributed by atoms with Crippen LogP contribution in [0.5, 0.6) is 12.0 Å². The highest BCUT2D eigenvalue weighted by atomic mass is 32.7. The first-order valence-electron chi connectivity index (χ1n) is 11.2. The van der Waals surface area contributed by atoms with Crippen LogP contribution in [0.4, 0.5) is 0 Å². The summed E-state index contributed by atoms with van der Waals surface area (Å²) in [4.78, 5) is 39.0. The zero-order valence-electron chi connectivity index (χ0n) is 19.7. The summed E-state index contributed by atoms with van der Waals surface area (Å²) in [6.45, 7) is -1.04. The zero-order valence-corrected chi connectivity index (χ0v) is 23.1. The molecule has 21 heteroatoms. The molecular formula is C18H23N6O11P2S2-3. The van der Waals surface area contributed by atoms with E-state index in [0.29, 0.717) is 0 Å². The number of ether oxygens (including phenoxy) is 2. The van der Waals surface area contributed by atoms with E-state index in [1.165, 1.54) is 24.5 Å². The lowest BCUT2D eigenvalue weighted by atomic mass is 10.2. The third-order valence-corrected chi connectivity index (χ3v) is 8.14. The molecule has 216 valence electrons. The third kappa shape index (κ3) is 7.85. The van der Waals surface area contributed by atoms with Crippen LogP contribution in [0.3, 0.4) is 0 Å². The Bertz CT molecular complexity index is 1280. The molecular weight excluding hydrogens is 602 g/mol. The Morgan fingerprint density at radius 1 is 0.949 bits per heavy atom. The van der Waals surface area contributed by atoms with Crippen LogP contribution >= 0.6 is 14.3 Å². The van der Waals surface area contributed by atoms with Crippen LogP contribution in [0.1, 0.15) is 25.3 Å². The lowest BCUT2D eigenvalue weighted by molar-refractivity contribution is -0.291. The van der Waals surface area contributed by atoms with Gasteiger partial charge in [-0.25, -0.2) is 24.3 Å². The second kappa shape index (κ2) is 12.2. The van der Waals surface area contributed by atoms with Gasteiger partial charge in [-0.1, -0.05) is 0 Å². The molecule has 2 unspecified atom stereocenters. The topological polar surface area (TPSA) is 259 Å². The van der Waals surface area contributed by atoms with E-state index in [2.05, 4.69) is 22.2 Å². The van der Waals surface area contributed by atoms with Crippen LogP contribution < -0.4 is 26.1 Å². The van der Waals surface area contributed by atoms with Crippen molar-refractivity contribution in [1.29, 1.82) is 10.8 Å². The lowest BCUT2D eigenvalue weighted by Crippen LogP contribution is -2.32. The molecule has 2 aromatic rings. The van der Waals surface area contributed by atoms with Crippen molar-refractivity contribution in [2.75, 3.05) is 13.2 Å². The SMILES string of the molecule is N=c1ccn([C@H]2C[C@H](O[P+]([O-])(O)[S-])[C@@H](CO[P+](O)([S-])O[C@H]3C[C@H](n4ccc(=N)nc4[O-])O[C@@H]3CO)O2)c([O-])n1. The molecule has 8 atom stereocenters. The molecule has 0 bridgehead atoms. The minimum absolute atomic E-state index is 0.0221. The molecule has 0 radical (unpaired) electrons. The Hall–Kier alpha value is -1.44. The van der Waals surface area contributed by atoms with E-state index in [9.17, 15) is 30.0 Å². The molecule has 0 aliphatic carbocycles. The maximum absolute atomic E-state index is 12.2. The quantitative estimate of drug-likeness (QED) is 0.130. The van der Waals surface area contributed by atoms with Crippen LogP contribution in [-0.2, 0) is 47.5 Å². The van der Waals surface area contributed by atoms with E-state index in [4.69, 9.17) is 46.1 Å². The zero-order chi connectivity index (χ0) is 28.5. The van der Waals surface area contributed by atoms with Crippen molar-refractivity contribution >= 4 is 38.8 Å². The predicted octanol–water partition coefficient (Wildman–Crippen LogP) is -2.97. The second-order valence-electron chi connectivity index (χ2n) is 8.44. The number of aliphatic hydroxyl groups excluding tert-OH is 1. The molecule has 4 rings (SSSR count). The maximum Gasteiger partial charge on any atom is 0.287 e. The molecule has 4 heterocycles. The molecule has 2 saturated heterocycles. The van der Waals surface area contributed by atoms with Gasteiger partial charge in [0.2, 0.25) is 0 Å². The molecule has 2 aliphatic rings. The van der Waals surface area contributed by atoms with Gasteiger partial charge in [-0.15, -0.1) is 0 Å². The average Bonchev–Trinajstić information content (AvgIpc) is 3.39. The van der Waals surface area contributed by atoms with E-state index in [0.717, 1.165) is 9.13 Å². The number of aromatic nitrogens is 4. The number of hydrogen-bond donors (Lipinski definition) is 5. The van der Waals surface area contributed by atoms with Crippen molar-refractivity contribution in [2.45, 2.75) is 49.7 Å². The van der Waals surface area contributed by atoms with Crippen molar-refractivity contribution in [3.8, 4) is 12.0 Å². The van der Waals surface area contributed by atoms with Crippen molar-refractivity contribution in [3.63, 3.8) is 0 Å². The molecule has 2 aliphatic heterocycles. The number of nitrogens with zero attached hydrogens (tertiary/aromatic N) is 4. The standard InChI is InChI=1S/C18H26N6O11P2S2/c19-13-1-3-23(17(26)21-13)15-5-9(11(7-25)32-15)35-37(30,39)31-8-12-10(34-36(28,29)38)6-16(33-12)24-4-2-14(20)22-18(24)27/h1-4,9-12,15-16,25H,5-8H2,(H,30,39)(H2,19,21,26)(H2,20,22,27)(H2,28,29,38)/p-3/t9-,10-,11+,12+,15+,16+,37?/m0/s1. The van der Waals surface area contributed by atoms with Gasteiger partial charge < -0.3 is 63.3 Å². The Kier molecular flexibility index (Phi) is 9.55. The van der Waals surface area contributed by atoms with Crippen molar-refractivity contribution < 1.29 is 53.0 Å². The normalized spacial score (nSPS) is 30.2. The fourth-order valence-electron chi connectivity index (χ4n) is 4.08. The first kappa shape index (κ1) is 30.5. The highest BCUT2D eigenvalue weighted by Gasteiger charge is 2.46. The summed E-state index contributed by atoms with van der Waals surface area (Å²) in [6.07, 6.45) is -3.79. The van der Waals surface area contributed by atoms with E-state index in [1.807, 2.05) is 0 Å². The Labute approximate surface area is 232 Å². The van der Waals surface area contributed by atoms with Crippen LogP contribution in [0.2, 0.25) is 0 Å². The van der Waals surface area contributed by atoms with Crippen LogP contribution in [0, 0.1) is 10.8 Å². The largest absolute Gasteiger partial charge is 0.846 e. The fraction of sp³-hybridized carbons (Fsp3) is 0.556. The summed E-state index contributed by atoms with van der Waals surface area (Å²) in [6, 6.07) is 0.972. The van der Waals surface area contributed by atoms with Gasteiger partial charge in [0.15, 0.2) is 0 Å². The van der Waals surface area contributed by atoms with Crippen molar-refractivity contribution in [1.82, 2.24) is 19.1 Å². The Balaban J connectivity index is 1.42. The number of aliphatic hydroxyl groups is 1. The molecule has 0 saturated carbocycles. The summed E-state index contributed by atoms with van der Waals surface area (Å²) in [5.74, 6) is 0. The monoisotopic (exact) mass is 625 g/mol. The van der Waals surface area contributed by atoms with Gasteiger partial charge in [0, 0.05) is 25.2 Å². The molecule has 5 N–H and O–H groups in total. The summed E-state index contributed by atoms with van der Waals surface area (Å²) in [5, 5.41) is 48.9. The van der Waals surface area contributed by atoms with Gasteiger partial charge in [0.1, 0.15) is 61.6 Å². The molecule has 2 fully saturated rings. The van der Waals surface area contributed by atoms with Crippen molar-refractivity contribution in [3.05, 3.63) is 35.5 Å². The second-order valence-corrected chi connectivity index (χ2v) is 13.8. The predicted molar refractivity (Wildman–Crippen MR) is 128 cm³/mol. The number of rotatable bonds is 10. The molecule has 17 nitrogen and oxygen atoms in total. The molecule has 0 amide bonds. The fourth-order valence-corrected chi connectivity index (χ4v) is 6.45. The average molecular weight is 625 g/mol. The highest BCUT2D eigenvalue weighted by Crippen LogP contribution is 2.58. The highest BCUT2D eigenvalue weighted by molar-refractivity contribution is 8.35. The van der Waals surface area contributed by atoms with Crippen LogP contribution in [0.25, 0.3) is 0 Å². The summed E-state index contributed by atoms with van der Waals surface area (Å²) in [7, 11) is -8.48. The van der Waals surface area contributed by atoms with Gasteiger partial charge in [0.05, 0.1) is 18.6 Å². The van der Waals surface area contributed by atoms with Gasteiger partial charge in [-0.05, 0) is 12.1 Å². The minimum Gasteiger partial charge on any atom is -0.846 e. The van der Waals surface area contributed by atoms with E-state index in [1.54, 1.807) is 0 Å². The molecule has 39 heavy (non-hydrogen) atoms. The minimum atomic E-state index is -4.42. The van der Waals surface area contributed by atoms with Gasteiger partial charge in [-0.2, -0.15) is 9.05 Å². The van der Waals surface area contributed by atoms with Gasteiger partial charge in [0.25, 0.3) is 7.15 Å². The smallest absolute Gasteiger partial charge is 0.287 e. The van der Waals surface area contributed by atoms with E-state index < -0.39 is 76.4 Å². The van der Waals surface area contributed by atoms with Crippen LogP contribution in [-0.4, -0.2) is 71.6 Å². The van der Waals surface area contributed by atoms with Gasteiger partial charge >= 0.3 is 0 Å². The van der Waals surface area contributed by atoms with Crippen molar-refractivity contribution in [2.24, 2.45) is 0 Å². The summed E-state index contributed by atoms with van der Waals surface area (Å²) in [5.41, 5.74) is -0.499. The summed E-state index contributed by atoms with van der Waals surface area (Å²) < 4.78 is 29.5. The third-order valence-electron chi connectivity index (χ3n) is 5.76. The first-order chi connectivity index (χ1) is 18.2. The molecule has 0 spiro atoms. The lowest BCUT2D eigenvalue weighted by Gasteiger charge is -2.32.